The van der Waals surface area contributed by atoms with E-state index in [1.54, 1.807) is 0 Å². The van der Waals surface area contributed by atoms with Crippen molar-refractivity contribution in [1.82, 2.24) is 0 Å². The number of anilines is 1. The van der Waals surface area contributed by atoms with Crippen molar-refractivity contribution in [1.29, 1.82) is 0 Å². The molecule has 0 saturated carbocycles. The zero-order chi connectivity index (χ0) is 16.0. The van der Waals surface area contributed by atoms with E-state index in [-0.39, 0.29) is 27.8 Å². The zero-order valence-electron chi connectivity index (χ0n) is 11.9. The number of aliphatic hydroxyl groups excluding tert-OH is 1. The van der Waals surface area contributed by atoms with Crippen LogP contribution in [0.5, 0.6) is 5.75 Å². The quantitative estimate of drug-likeness (QED) is 0.713. The standard InChI is InChI=1S/C14H19Cl2F2NO2/c1-3-14(4-2,8-20)7-19-9-5-10(15)12(11(16)6-9)21-13(17)18/h5-6,13,19-20H,3-4,7-8H2,1-2H3. The Morgan fingerprint density at radius 2 is 1.76 bits per heavy atom. The smallest absolute Gasteiger partial charge is 0.387 e. The summed E-state index contributed by atoms with van der Waals surface area (Å²) in [7, 11) is 0. The minimum Gasteiger partial charge on any atom is -0.432 e. The Morgan fingerprint density at radius 1 is 1.24 bits per heavy atom. The van der Waals surface area contributed by atoms with Crippen LogP contribution in [0, 0.1) is 5.41 Å². The van der Waals surface area contributed by atoms with E-state index < -0.39 is 6.61 Å². The third-order valence-corrected chi connectivity index (χ3v) is 4.27. The number of rotatable bonds is 8. The first-order valence-electron chi connectivity index (χ1n) is 6.66. The molecule has 1 aromatic rings. The SMILES string of the molecule is CCC(CC)(CO)CNc1cc(Cl)c(OC(F)F)c(Cl)c1. The van der Waals surface area contributed by atoms with Crippen molar-refractivity contribution in [3.63, 3.8) is 0 Å². The van der Waals surface area contributed by atoms with Crippen molar-refractivity contribution < 1.29 is 18.6 Å². The van der Waals surface area contributed by atoms with Gasteiger partial charge in [-0.25, -0.2) is 0 Å². The van der Waals surface area contributed by atoms with E-state index in [4.69, 9.17) is 23.2 Å². The Hall–Kier alpha value is -0.780. The Kier molecular flexibility index (Phi) is 6.97. The van der Waals surface area contributed by atoms with Crippen LogP contribution in [0.2, 0.25) is 10.0 Å². The molecule has 1 rings (SSSR count). The van der Waals surface area contributed by atoms with Gasteiger partial charge >= 0.3 is 6.61 Å². The van der Waals surface area contributed by atoms with Gasteiger partial charge in [-0.2, -0.15) is 8.78 Å². The lowest BCUT2D eigenvalue weighted by Gasteiger charge is -2.30. The Bertz CT molecular complexity index is 437. The molecule has 0 aromatic heterocycles. The van der Waals surface area contributed by atoms with Gasteiger partial charge in [0.05, 0.1) is 16.7 Å². The fourth-order valence-corrected chi connectivity index (χ4v) is 2.51. The summed E-state index contributed by atoms with van der Waals surface area (Å²) in [6.45, 7) is 1.60. The van der Waals surface area contributed by atoms with Gasteiger partial charge in [0.2, 0.25) is 0 Å². The van der Waals surface area contributed by atoms with E-state index >= 15 is 0 Å². The van der Waals surface area contributed by atoms with Crippen LogP contribution in [0.25, 0.3) is 0 Å². The lowest BCUT2D eigenvalue weighted by molar-refractivity contribution is -0.0497. The minimum atomic E-state index is -2.99. The molecule has 0 unspecified atom stereocenters. The fourth-order valence-electron chi connectivity index (χ4n) is 1.93. The first-order chi connectivity index (χ1) is 9.87. The molecule has 0 aliphatic heterocycles. The van der Waals surface area contributed by atoms with Crippen LogP contribution in [0.3, 0.4) is 0 Å². The number of alkyl halides is 2. The highest BCUT2D eigenvalue weighted by Crippen LogP contribution is 2.37. The van der Waals surface area contributed by atoms with Crippen LogP contribution in [-0.4, -0.2) is 24.9 Å². The maximum atomic E-state index is 12.2. The molecule has 1 aromatic carbocycles. The summed E-state index contributed by atoms with van der Waals surface area (Å²) in [5.41, 5.74) is 0.350. The summed E-state index contributed by atoms with van der Waals surface area (Å²) in [5.74, 6) is -0.238. The van der Waals surface area contributed by atoms with Gasteiger partial charge in [0, 0.05) is 17.6 Å². The van der Waals surface area contributed by atoms with Gasteiger partial charge in [-0.3, -0.25) is 0 Å². The summed E-state index contributed by atoms with van der Waals surface area (Å²) in [6.07, 6.45) is 1.61. The molecule has 3 nitrogen and oxygen atoms in total. The maximum absolute atomic E-state index is 12.2. The monoisotopic (exact) mass is 341 g/mol. The molecule has 0 aliphatic rings. The van der Waals surface area contributed by atoms with Gasteiger partial charge in [0.1, 0.15) is 0 Å². The summed E-state index contributed by atoms with van der Waals surface area (Å²) >= 11 is 11.8. The van der Waals surface area contributed by atoms with Crippen molar-refractivity contribution >= 4 is 28.9 Å². The van der Waals surface area contributed by atoms with Crippen molar-refractivity contribution in [2.45, 2.75) is 33.3 Å². The van der Waals surface area contributed by atoms with Gasteiger partial charge in [-0.1, -0.05) is 37.0 Å². The summed E-state index contributed by atoms with van der Waals surface area (Å²) in [4.78, 5) is 0. The number of nitrogens with one attached hydrogen (secondary N) is 1. The number of aliphatic hydroxyl groups is 1. The summed E-state index contributed by atoms with van der Waals surface area (Å²) < 4.78 is 28.8. The van der Waals surface area contributed by atoms with Crippen molar-refractivity contribution in [3.8, 4) is 5.75 Å². The molecule has 21 heavy (non-hydrogen) atoms. The molecule has 0 atom stereocenters. The third-order valence-electron chi connectivity index (χ3n) is 3.71. The van der Waals surface area contributed by atoms with Crippen molar-refractivity contribution in [2.75, 3.05) is 18.5 Å². The maximum Gasteiger partial charge on any atom is 0.387 e. The Morgan fingerprint density at radius 3 is 2.14 bits per heavy atom. The first kappa shape index (κ1) is 18.3. The third kappa shape index (κ3) is 4.87. The number of ether oxygens (including phenoxy) is 1. The molecule has 120 valence electrons. The minimum absolute atomic E-state index is 0.00731. The van der Waals surface area contributed by atoms with Crippen LogP contribution in [-0.2, 0) is 0 Å². The summed E-state index contributed by atoms with van der Waals surface area (Å²) in [6, 6.07) is 2.94. The number of benzene rings is 1. The zero-order valence-corrected chi connectivity index (χ0v) is 13.4. The van der Waals surface area contributed by atoms with Crippen LogP contribution in [0.4, 0.5) is 14.5 Å². The topological polar surface area (TPSA) is 41.5 Å². The molecular formula is C14H19Cl2F2NO2. The van der Waals surface area contributed by atoms with E-state index in [0.717, 1.165) is 12.8 Å². The van der Waals surface area contributed by atoms with E-state index in [1.165, 1.54) is 12.1 Å². The van der Waals surface area contributed by atoms with Gasteiger partial charge in [-0.15, -0.1) is 0 Å². The molecule has 7 heteroatoms. The molecule has 0 fully saturated rings. The molecule has 0 heterocycles. The van der Waals surface area contributed by atoms with E-state index in [1.807, 2.05) is 13.8 Å². The highest BCUT2D eigenvalue weighted by molar-refractivity contribution is 6.37. The normalized spacial score (nSPS) is 11.8. The molecule has 0 radical (unpaired) electrons. The molecule has 0 bridgehead atoms. The highest BCUT2D eigenvalue weighted by atomic mass is 35.5. The Balaban J connectivity index is 2.86. The van der Waals surface area contributed by atoms with Crippen molar-refractivity contribution in [2.24, 2.45) is 5.41 Å². The molecule has 0 aliphatic carbocycles. The fraction of sp³-hybridized carbons (Fsp3) is 0.571. The van der Waals surface area contributed by atoms with Crippen LogP contribution in [0.1, 0.15) is 26.7 Å². The van der Waals surface area contributed by atoms with Gasteiger partial charge in [-0.05, 0) is 25.0 Å². The van der Waals surface area contributed by atoms with E-state index in [2.05, 4.69) is 10.1 Å². The molecule has 2 N–H and O–H groups in total. The van der Waals surface area contributed by atoms with Gasteiger partial charge < -0.3 is 15.2 Å². The van der Waals surface area contributed by atoms with E-state index in [9.17, 15) is 13.9 Å². The largest absolute Gasteiger partial charge is 0.432 e. The molecule has 0 spiro atoms. The summed E-state index contributed by atoms with van der Waals surface area (Å²) in [5, 5.41) is 12.7. The van der Waals surface area contributed by atoms with Gasteiger partial charge in [0.15, 0.2) is 5.75 Å². The average molecular weight is 342 g/mol. The second-order valence-electron chi connectivity index (χ2n) is 4.87. The Labute approximate surface area is 133 Å². The first-order valence-corrected chi connectivity index (χ1v) is 7.41. The number of hydrogen-bond donors (Lipinski definition) is 2. The molecular weight excluding hydrogens is 323 g/mol. The molecule has 0 amide bonds. The van der Waals surface area contributed by atoms with Gasteiger partial charge in [0.25, 0.3) is 0 Å². The predicted octanol–water partition coefficient (Wildman–Crippen LogP) is 4.81. The highest BCUT2D eigenvalue weighted by Gasteiger charge is 2.25. The predicted molar refractivity (Wildman–Crippen MR) is 81.7 cm³/mol. The van der Waals surface area contributed by atoms with Crippen LogP contribution in [0.15, 0.2) is 12.1 Å². The van der Waals surface area contributed by atoms with Crippen LogP contribution < -0.4 is 10.1 Å². The number of hydrogen-bond acceptors (Lipinski definition) is 3. The molecule has 0 saturated heterocycles. The second-order valence-corrected chi connectivity index (χ2v) is 5.68. The van der Waals surface area contributed by atoms with E-state index in [0.29, 0.717) is 12.2 Å². The van der Waals surface area contributed by atoms with Crippen molar-refractivity contribution in [3.05, 3.63) is 22.2 Å². The second kappa shape index (κ2) is 8.01. The van der Waals surface area contributed by atoms with Crippen LogP contribution >= 0.6 is 23.2 Å². The number of halogens is 4. The lowest BCUT2D eigenvalue weighted by Crippen LogP contribution is -2.32. The average Bonchev–Trinajstić information content (AvgIpc) is 2.45. The lowest BCUT2D eigenvalue weighted by atomic mass is 9.83.